The standard InChI is InChI=1S/C12H9F3O3S/c13-12(14,15)8-1-2-9-7(5-8)6-10(19-9)11(17)18-4-3-16/h1-2,5-6,16H,3-4H2. The zero-order valence-electron chi connectivity index (χ0n) is 9.53. The SMILES string of the molecule is O=C(OCCO)c1cc2cc(C(F)(F)F)ccc2s1. The van der Waals surface area contributed by atoms with E-state index in [4.69, 9.17) is 9.84 Å². The van der Waals surface area contributed by atoms with Gasteiger partial charge in [0.1, 0.15) is 11.5 Å². The first-order valence-electron chi connectivity index (χ1n) is 5.30. The van der Waals surface area contributed by atoms with Gasteiger partial charge in [0.05, 0.1) is 12.2 Å². The number of alkyl halides is 3. The Labute approximate surface area is 110 Å². The summed E-state index contributed by atoms with van der Waals surface area (Å²) in [6.07, 6.45) is -4.41. The second-order valence-corrected chi connectivity index (χ2v) is 4.80. The molecule has 102 valence electrons. The van der Waals surface area contributed by atoms with Gasteiger partial charge in [0.2, 0.25) is 0 Å². The molecule has 1 aromatic heterocycles. The molecule has 19 heavy (non-hydrogen) atoms. The fourth-order valence-electron chi connectivity index (χ4n) is 1.53. The van der Waals surface area contributed by atoms with E-state index in [1.165, 1.54) is 12.1 Å². The highest BCUT2D eigenvalue weighted by atomic mass is 32.1. The van der Waals surface area contributed by atoms with E-state index in [0.717, 1.165) is 23.5 Å². The van der Waals surface area contributed by atoms with Gasteiger partial charge in [-0.05, 0) is 29.7 Å². The third-order valence-corrected chi connectivity index (χ3v) is 3.47. The maximum atomic E-state index is 12.5. The van der Waals surface area contributed by atoms with Gasteiger partial charge in [0, 0.05) is 4.70 Å². The lowest BCUT2D eigenvalue weighted by atomic mass is 10.1. The summed E-state index contributed by atoms with van der Waals surface area (Å²) in [6.45, 7) is -0.435. The van der Waals surface area contributed by atoms with Crippen LogP contribution in [0.2, 0.25) is 0 Å². The summed E-state index contributed by atoms with van der Waals surface area (Å²) >= 11 is 1.05. The van der Waals surface area contributed by atoms with E-state index >= 15 is 0 Å². The van der Waals surface area contributed by atoms with Gasteiger partial charge in [-0.3, -0.25) is 0 Å². The lowest BCUT2D eigenvalue weighted by Crippen LogP contribution is -2.06. The Bertz CT molecular complexity index is 604. The van der Waals surface area contributed by atoms with Crippen LogP contribution < -0.4 is 0 Å². The lowest BCUT2D eigenvalue weighted by Gasteiger charge is -2.05. The van der Waals surface area contributed by atoms with Gasteiger partial charge >= 0.3 is 12.1 Å². The van der Waals surface area contributed by atoms with Gasteiger partial charge in [0.15, 0.2) is 0 Å². The minimum absolute atomic E-state index is 0.138. The van der Waals surface area contributed by atoms with E-state index < -0.39 is 17.7 Å². The van der Waals surface area contributed by atoms with Crippen LogP contribution >= 0.6 is 11.3 Å². The molecule has 0 radical (unpaired) electrons. The third kappa shape index (κ3) is 3.05. The van der Waals surface area contributed by atoms with Crippen LogP contribution in [0, 0.1) is 0 Å². The molecule has 0 saturated carbocycles. The van der Waals surface area contributed by atoms with Crippen LogP contribution in [-0.4, -0.2) is 24.3 Å². The first kappa shape index (κ1) is 13.8. The quantitative estimate of drug-likeness (QED) is 0.884. The molecule has 3 nitrogen and oxygen atoms in total. The number of halogens is 3. The van der Waals surface area contributed by atoms with Crippen LogP contribution in [0.15, 0.2) is 24.3 Å². The van der Waals surface area contributed by atoms with Crippen LogP contribution in [-0.2, 0) is 10.9 Å². The van der Waals surface area contributed by atoms with Crippen LogP contribution in [0.25, 0.3) is 10.1 Å². The average Bonchev–Trinajstić information content (AvgIpc) is 2.77. The van der Waals surface area contributed by atoms with Gasteiger partial charge in [-0.15, -0.1) is 11.3 Å². The van der Waals surface area contributed by atoms with Gasteiger partial charge in [-0.2, -0.15) is 13.2 Å². The van der Waals surface area contributed by atoms with E-state index in [-0.39, 0.29) is 18.1 Å². The van der Waals surface area contributed by atoms with E-state index in [1.807, 2.05) is 0 Å². The Morgan fingerprint density at radius 1 is 1.32 bits per heavy atom. The predicted molar refractivity (Wildman–Crippen MR) is 64.2 cm³/mol. The molecule has 1 aromatic carbocycles. The topological polar surface area (TPSA) is 46.5 Å². The number of hydrogen-bond acceptors (Lipinski definition) is 4. The van der Waals surface area contributed by atoms with Crippen molar-refractivity contribution < 1.29 is 27.8 Å². The number of esters is 1. The molecule has 0 amide bonds. The number of benzene rings is 1. The highest BCUT2D eigenvalue weighted by Crippen LogP contribution is 2.34. The molecule has 0 saturated heterocycles. The molecule has 2 aromatic rings. The van der Waals surface area contributed by atoms with Crippen LogP contribution in [0.5, 0.6) is 0 Å². The Kier molecular flexibility index (Phi) is 3.77. The monoisotopic (exact) mass is 290 g/mol. The number of thiophene rings is 1. The Morgan fingerprint density at radius 3 is 2.68 bits per heavy atom. The van der Waals surface area contributed by atoms with Crippen molar-refractivity contribution in [1.29, 1.82) is 0 Å². The van der Waals surface area contributed by atoms with E-state index in [9.17, 15) is 18.0 Å². The van der Waals surface area contributed by atoms with Crippen molar-refractivity contribution >= 4 is 27.4 Å². The van der Waals surface area contributed by atoms with Crippen LogP contribution in [0.3, 0.4) is 0 Å². The summed E-state index contributed by atoms with van der Waals surface area (Å²) in [6, 6.07) is 4.65. The van der Waals surface area contributed by atoms with Crippen molar-refractivity contribution in [2.24, 2.45) is 0 Å². The summed E-state index contributed by atoms with van der Waals surface area (Å²) < 4.78 is 42.9. The summed E-state index contributed by atoms with van der Waals surface area (Å²) in [5.41, 5.74) is -0.756. The first-order chi connectivity index (χ1) is 8.91. The molecule has 0 bridgehead atoms. The highest BCUT2D eigenvalue weighted by molar-refractivity contribution is 7.20. The zero-order valence-corrected chi connectivity index (χ0v) is 10.3. The maximum Gasteiger partial charge on any atom is 0.416 e. The van der Waals surface area contributed by atoms with Crippen molar-refractivity contribution in [2.45, 2.75) is 6.18 Å². The van der Waals surface area contributed by atoms with E-state index in [0.29, 0.717) is 10.1 Å². The molecule has 0 aliphatic heterocycles. The Hall–Kier alpha value is -1.60. The smallest absolute Gasteiger partial charge is 0.416 e. The first-order valence-corrected chi connectivity index (χ1v) is 6.12. The van der Waals surface area contributed by atoms with Crippen LogP contribution in [0.1, 0.15) is 15.2 Å². The minimum atomic E-state index is -4.41. The fraction of sp³-hybridized carbons (Fsp3) is 0.250. The number of carbonyl (C=O) groups is 1. The highest BCUT2D eigenvalue weighted by Gasteiger charge is 2.30. The molecule has 0 spiro atoms. The van der Waals surface area contributed by atoms with Gasteiger partial charge in [-0.1, -0.05) is 0 Å². The second-order valence-electron chi connectivity index (χ2n) is 3.72. The number of fused-ring (bicyclic) bond motifs is 1. The summed E-state index contributed by atoms with van der Waals surface area (Å²) in [5.74, 6) is -0.649. The number of hydrogen-bond donors (Lipinski definition) is 1. The minimum Gasteiger partial charge on any atom is -0.459 e. The van der Waals surface area contributed by atoms with Crippen molar-refractivity contribution in [3.8, 4) is 0 Å². The molecule has 0 aliphatic rings. The third-order valence-electron chi connectivity index (χ3n) is 2.37. The number of carbonyl (C=O) groups excluding carboxylic acids is 1. The number of aliphatic hydroxyl groups excluding tert-OH is 1. The molecular formula is C12H9F3O3S. The van der Waals surface area contributed by atoms with Crippen molar-refractivity contribution in [1.82, 2.24) is 0 Å². The van der Waals surface area contributed by atoms with Crippen molar-refractivity contribution in [3.63, 3.8) is 0 Å². The Morgan fingerprint density at radius 2 is 2.05 bits per heavy atom. The van der Waals surface area contributed by atoms with Crippen molar-refractivity contribution in [2.75, 3.05) is 13.2 Å². The normalized spacial score (nSPS) is 11.8. The zero-order chi connectivity index (χ0) is 14.0. The molecule has 1 N–H and O–H groups in total. The van der Waals surface area contributed by atoms with E-state index in [1.54, 1.807) is 0 Å². The predicted octanol–water partition coefficient (Wildman–Crippen LogP) is 3.07. The van der Waals surface area contributed by atoms with Gasteiger partial charge in [-0.25, -0.2) is 4.79 Å². The van der Waals surface area contributed by atoms with E-state index in [2.05, 4.69) is 0 Å². The molecule has 1 heterocycles. The molecule has 0 fully saturated rings. The van der Waals surface area contributed by atoms with Crippen LogP contribution in [0.4, 0.5) is 13.2 Å². The molecule has 0 unspecified atom stereocenters. The summed E-state index contributed by atoms with van der Waals surface area (Å²) in [7, 11) is 0. The average molecular weight is 290 g/mol. The molecular weight excluding hydrogens is 281 g/mol. The lowest BCUT2D eigenvalue weighted by molar-refractivity contribution is -0.137. The molecule has 2 rings (SSSR count). The second kappa shape index (κ2) is 5.18. The maximum absolute atomic E-state index is 12.5. The molecule has 7 heteroatoms. The van der Waals surface area contributed by atoms with Gasteiger partial charge in [0.25, 0.3) is 0 Å². The Balaban J connectivity index is 2.33. The van der Waals surface area contributed by atoms with Crippen molar-refractivity contribution in [3.05, 3.63) is 34.7 Å². The summed E-state index contributed by atoms with van der Waals surface area (Å²) in [5, 5.41) is 8.87. The fourth-order valence-corrected chi connectivity index (χ4v) is 2.47. The molecule has 0 atom stereocenters. The number of rotatable bonds is 3. The van der Waals surface area contributed by atoms with Gasteiger partial charge < -0.3 is 9.84 Å². The number of ether oxygens (including phenoxy) is 1. The number of aliphatic hydroxyl groups is 1. The molecule has 0 aliphatic carbocycles. The summed E-state index contributed by atoms with van der Waals surface area (Å²) in [4.78, 5) is 11.7. The largest absolute Gasteiger partial charge is 0.459 e.